The highest BCUT2D eigenvalue weighted by molar-refractivity contribution is 5.50. The third-order valence-corrected chi connectivity index (χ3v) is 4.70. The number of hydrogen-bond acceptors (Lipinski definition) is 5. The maximum atomic E-state index is 12.9. The van der Waals surface area contributed by atoms with Crippen LogP contribution in [0, 0.1) is 0 Å². The normalized spacial score (nSPS) is 17.0. The Morgan fingerprint density at radius 1 is 1.17 bits per heavy atom. The van der Waals surface area contributed by atoms with Crippen molar-refractivity contribution >= 4 is 5.69 Å². The van der Waals surface area contributed by atoms with Crippen LogP contribution in [0.5, 0.6) is 5.75 Å². The van der Waals surface area contributed by atoms with Gasteiger partial charge in [-0.15, -0.1) is 5.10 Å². The van der Waals surface area contributed by atoms with Crippen molar-refractivity contribution in [1.29, 1.82) is 0 Å². The van der Waals surface area contributed by atoms with Crippen LogP contribution in [0.1, 0.15) is 23.0 Å². The van der Waals surface area contributed by atoms with Crippen LogP contribution in [-0.4, -0.2) is 35.3 Å². The maximum Gasteiger partial charge on any atom is 0.416 e. The molecular formula is C20H19F3N4O2. The zero-order chi connectivity index (χ0) is 20.4. The monoisotopic (exact) mass is 404 g/mol. The first-order valence-corrected chi connectivity index (χ1v) is 9.02. The lowest BCUT2D eigenvalue weighted by Gasteiger charge is -2.23. The summed E-state index contributed by atoms with van der Waals surface area (Å²) in [5.41, 5.74) is 1.38. The molecule has 4 rings (SSSR count). The van der Waals surface area contributed by atoms with Gasteiger partial charge in [0.15, 0.2) is 6.23 Å². The highest BCUT2D eigenvalue weighted by atomic mass is 19.4. The predicted molar refractivity (Wildman–Crippen MR) is 99.6 cm³/mol. The first-order chi connectivity index (χ1) is 13.9. The molecule has 2 aromatic carbocycles. The number of halogens is 3. The first-order valence-electron chi connectivity index (χ1n) is 9.02. The molecule has 29 heavy (non-hydrogen) atoms. The molecule has 152 valence electrons. The first kappa shape index (κ1) is 19.3. The largest absolute Gasteiger partial charge is 0.497 e. The van der Waals surface area contributed by atoms with Gasteiger partial charge in [-0.3, -0.25) is 0 Å². The van der Waals surface area contributed by atoms with Crippen LogP contribution in [-0.2, 0) is 17.5 Å². The van der Waals surface area contributed by atoms with Crippen molar-refractivity contribution in [2.24, 2.45) is 0 Å². The summed E-state index contributed by atoms with van der Waals surface area (Å²) in [7, 11) is 1.61. The second-order valence-electron chi connectivity index (χ2n) is 6.65. The molecule has 1 fully saturated rings. The van der Waals surface area contributed by atoms with E-state index in [1.807, 2.05) is 24.3 Å². The number of benzene rings is 2. The van der Waals surface area contributed by atoms with E-state index in [1.54, 1.807) is 19.4 Å². The molecule has 0 bridgehead atoms. The van der Waals surface area contributed by atoms with Crippen molar-refractivity contribution in [1.82, 2.24) is 15.0 Å². The third-order valence-electron chi connectivity index (χ3n) is 4.70. The number of anilines is 1. The van der Waals surface area contributed by atoms with Crippen LogP contribution in [0.2, 0.25) is 0 Å². The molecule has 0 N–H and O–H groups in total. The minimum Gasteiger partial charge on any atom is -0.497 e. The molecule has 0 saturated carbocycles. The molecule has 1 aliphatic rings. The Morgan fingerprint density at radius 3 is 2.69 bits per heavy atom. The molecule has 0 aliphatic carbocycles. The minimum atomic E-state index is -4.37. The Bertz CT molecular complexity index is 972. The van der Waals surface area contributed by atoms with Gasteiger partial charge in [-0.1, -0.05) is 17.3 Å². The highest BCUT2D eigenvalue weighted by Crippen LogP contribution is 2.32. The number of alkyl halides is 3. The molecule has 1 atom stereocenters. The molecule has 0 unspecified atom stereocenters. The molecule has 0 spiro atoms. The molecule has 1 saturated heterocycles. The Balaban J connectivity index is 1.51. The van der Waals surface area contributed by atoms with E-state index >= 15 is 0 Å². The highest BCUT2D eigenvalue weighted by Gasteiger charge is 2.31. The number of ether oxygens (including phenoxy) is 2. The zero-order valence-corrected chi connectivity index (χ0v) is 15.6. The topological polar surface area (TPSA) is 52.4 Å². The summed E-state index contributed by atoms with van der Waals surface area (Å²) in [6.45, 7) is 1.42. The predicted octanol–water partition coefficient (Wildman–Crippen LogP) is 3.89. The number of rotatable bonds is 5. The molecular weight excluding hydrogens is 385 g/mol. The van der Waals surface area contributed by atoms with Gasteiger partial charge in [0.05, 0.1) is 32.0 Å². The van der Waals surface area contributed by atoms with E-state index in [2.05, 4.69) is 15.2 Å². The van der Waals surface area contributed by atoms with Crippen LogP contribution >= 0.6 is 0 Å². The van der Waals surface area contributed by atoms with Gasteiger partial charge >= 0.3 is 6.18 Å². The van der Waals surface area contributed by atoms with Crippen molar-refractivity contribution in [3.63, 3.8) is 0 Å². The van der Waals surface area contributed by atoms with E-state index in [0.717, 1.165) is 23.6 Å². The Labute approximate surface area is 165 Å². The second-order valence-corrected chi connectivity index (χ2v) is 6.65. The van der Waals surface area contributed by atoms with Gasteiger partial charge in [0.2, 0.25) is 0 Å². The van der Waals surface area contributed by atoms with E-state index in [-0.39, 0.29) is 6.54 Å². The minimum absolute atomic E-state index is 0.187. The summed E-state index contributed by atoms with van der Waals surface area (Å²) < 4.78 is 51.2. The number of methoxy groups -OCH3 is 1. The van der Waals surface area contributed by atoms with E-state index in [4.69, 9.17) is 9.47 Å². The van der Waals surface area contributed by atoms with Gasteiger partial charge in [0.25, 0.3) is 0 Å². The van der Waals surface area contributed by atoms with Crippen LogP contribution in [0.3, 0.4) is 0 Å². The Hall–Kier alpha value is -3.07. The van der Waals surface area contributed by atoms with E-state index < -0.39 is 18.0 Å². The van der Waals surface area contributed by atoms with Crippen molar-refractivity contribution in [2.45, 2.75) is 18.9 Å². The van der Waals surface area contributed by atoms with Gasteiger partial charge in [-0.2, -0.15) is 13.2 Å². The van der Waals surface area contributed by atoms with Crippen molar-refractivity contribution in [3.8, 4) is 5.75 Å². The fraction of sp³-hybridized carbons (Fsp3) is 0.300. The van der Waals surface area contributed by atoms with Crippen LogP contribution in [0.4, 0.5) is 18.9 Å². The molecule has 3 aromatic rings. The number of aromatic nitrogens is 3. The van der Waals surface area contributed by atoms with Crippen LogP contribution < -0.4 is 9.64 Å². The quantitative estimate of drug-likeness (QED) is 0.646. The lowest BCUT2D eigenvalue weighted by Crippen LogP contribution is -2.23. The smallest absolute Gasteiger partial charge is 0.416 e. The third kappa shape index (κ3) is 4.19. The molecule has 1 aromatic heterocycles. The zero-order valence-electron chi connectivity index (χ0n) is 15.6. The molecule has 9 heteroatoms. The SMILES string of the molecule is COc1ccc(N2CCO[C@H]2c2cn(Cc3cccc(C(F)(F)F)c3)nn2)cc1. The summed E-state index contributed by atoms with van der Waals surface area (Å²) in [6, 6.07) is 12.8. The summed E-state index contributed by atoms with van der Waals surface area (Å²) in [5, 5.41) is 8.24. The molecule has 2 heterocycles. The van der Waals surface area contributed by atoms with Gasteiger partial charge in [0, 0.05) is 12.2 Å². The number of hydrogen-bond donors (Lipinski definition) is 0. The summed E-state index contributed by atoms with van der Waals surface area (Å²) >= 11 is 0. The molecule has 0 amide bonds. The van der Waals surface area contributed by atoms with E-state index in [9.17, 15) is 13.2 Å². The average molecular weight is 404 g/mol. The molecule has 0 radical (unpaired) electrons. The standard InChI is InChI=1S/C20H19F3N4O2/c1-28-17-7-5-16(6-8-17)27-9-10-29-19(27)18-13-26(25-24-18)12-14-3-2-4-15(11-14)20(21,22)23/h2-8,11,13,19H,9-10,12H2,1H3/t19-/m0/s1. The summed E-state index contributed by atoms with van der Waals surface area (Å²) in [5.74, 6) is 0.762. The molecule has 6 nitrogen and oxygen atoms in total. The Morgan fingerprint density at radius 2 is 1.97 bits per heavy atom. The lowest BCUT2D eigenvalue weighted by atomic mass is 10.1. The fourth-order valence-electron chi connectivity index (χ4n) is 3.29. The second kappa shape index (κ2) is 7.75. The van der Waals surface area contributed by atoms with Crippen molar-refractivity contribution in [3.05, 3.63) is 71.5 Å². The summed E-state index contributed by atoms with van der Waals surface area (Å²) in [6.07, 6.45) is -3.08. The van der Waals surface area contributed by atoms with Gasteiger partial charge < -0.3 is 14.4 Å². The van der Waals surface area contributed by atoms with Crippen molar-refractivity contribution < 1.29 is 22.6 Å². The van der Waals surface area contributed by atoms with Crippen molar-refractivity contribution in [2.75, 3.05) is 25.2 Å². The van der Waals surface area contributed by atoms with E-state index in [0.29, 0.717) is 24.4 Å². The van der Waals surface area contributed by atoms with Gasteiger partial charge in [-0.05, 0) is 42.0 Å². The van der Waals surface area contributed by atoms with Gasteiger partial charge in [-0.25, -0.2) is 4.68 Å². The van der Waals surface area contributed by atoms with Crippen LogP contribution in [0.15, 0.2) is 54.7 Å². The number of nitrogens with zero attached hydrogens (tertiary/aromatic N) is 4. The summed E-state index contributed by atoms with van der Waals surface area (Å²) in [4.78, 5) is 2.05. The lowest BCUT2D eigenvalue weighted by molar-refractivity contribution is -0.137. The molecule has 1 aliphatic heterocycles. The van der Waals surface area contributed by atoms with E-state index in [1.165, 1.54) is 10.7 Å². The fourth-order valence-corrected chi connectivity index (χ4v) is 3.29. The Kier molecular flexibility index (Phi) is 5.14. The maximum absolute atomic E-state index is 12.9. The van der Waals surface area contributed by atoms with Gasteiger partial charge in [0.1, 0.15) is 11.4 Å². The van der Waals surface area contributed by atoms with Crippen LogP contribution in [0.25, 0.3) is 0 Å². The average Bonchev–Trinajstić information content (AvgIpc) is 3.37.